The number of nitrogens with zero attached hydrogens (tertiary/aromatic N) is 1. The summed E-state index contributed by atoms with van der Waals surface area (Å²) in [5.74, 6) is 0.756. The number of methoxy groups -OCH3 is 1. The summed E-state index contributed by atoms with van der Waals surface area (Å²) < 4.78 is 7.06. The van der Waals surface area contributed by atoms with E-state index in [1.54, 1.807) is 32.2 Å². The molecule has 1 amide bonds. The number of phenols is 1. The van der Waals surface area contributed by atoms with Crippen LogP contribution in [0.2, 0.25) is 0 Å². The van der Waals surface area contributed by atoms with E-state index in [9.17, 15) is 9.90 Å². The van der Waals surface area contributed by atoms with Gasteiger partial charge in [0.15, 0.2) is 0 Å². The molecule has 7 heteroatoms. The molecule has 0 radical (unpaired) electrons. The number of amides is 1. The average molecular weight is 511 g/mol. The lowest BCUT2D eigenvalue weighted by Gasteiger charge is -2.24. The second kappa shape index (κ2) is 15.9. The van der Waals surface area contributed by atoms with Gasteiger partial charge in [-0.1, -0.05) is 48.9 Å². The Morgan fingerprint density at radius 2 is 1.72 bits per heavy atom. The van der Waals surface area contributed by atoms with Gasteiger partial charge < -0.3 is 15.2 Å². The van der Waals surface area contributed by atoms with Gasteiger partial charge in [-0.3, -0.25) is 9.63 Å². The van der Waals surface area contributed by atoms with Gasteiger partial charge in [0, 0.05) is 29.1 Å². The number of nitrogens with one attached hydrogen (secondary N) is 1. The maximum absolute atomic E-state index is 12.4. The van der Waals surface area contributed by atoms with Crippen molar-refractivity contribution in [1.29, 1.82) is 0 Å². The molecule has 6 nitrogen and oxygen atoms in total. The lowest BCUT2D eigenvalue weighted by Crippen LogP contribution is -2.29. The van der Waals surface area contributed by atoms with Gasteiger partial charge >= 0.3 is 0 Å². The number of aryl methyl sites for hydroxylation is 1. The monoisotopic (exact) mass is 510 g/mol. The summed E-state index contributed by atoms with van der Waals surface area (Å²) in [4.78, 5) is 19.4. The second-order valence-corrected chi connectivity index (χ2v) is 9.42. The van der Waals surface area contributed by atoms with Crippen molar-refractivity contribution in [2.75, 3.05) is 20.2 Å². The number of carbonyl (C=O) groups excluding carboxylic acids is 1. The van der Waals surface area contributed by atoms with Gasteiger partial charge in [-0.25, -0.2) is 0 Å². The molecule has 3 rings (SSSR count). The van der Waals surface area contributed by atoms with E-state index in [-0.39, 0.29) is 17.8 Å². The molecular formula is C29H38N2O4S. The van der Waals surface area contributed by atoms with Gasteiger partial charge in [-0.2, -0.15) is 0 Å². The quantitative estimate of drug-likeness (QED) is 0.173. The number of carbonyl (C=O) groups is 1. The van der Waals surface area contributed by atoms with Crippen LogP contribution < -0.4 is 10.1 Å². The molecule has 0 heterocycles. The van der Waals surface area contributed by atoms with E-state index in [1.807, 2.05) is 53.9 Å². The van der Waals surface area contributed by atoms with Crippen molar-refractivity contribution in [1.82, 2.24) is 9.79 Å². The highest BCUT2D eigenvalue weighted by Gasteiger charge is 2.14. The maximum Gasteiger partial charge on any atom is 0.251 e. The number of hydroxylamine groups is 1. The summed E-state index contributed by atoms with van der Waals surface area (Å²) in [6, 6.07) is 23.0. The van der Waals surface area contributed by atoms with E-state index in [1.165, 1.54) is 17.5 Å². The van der Waals surface area contributed by atoms with Crippen LogP contribution >= 0.6 is 11.9 Å². The van der Waals surface area contributed by atoms with E-state index >= 15 is 0 Å². The van der Waals surface area contributed by atoms with Gasteiger partial charge in [0.2, 0.25) is 0 Å². The van der Waals surface area contributed by atoms with Crippen LogP contribution in [0.3, 0.4) is 0 Å². The van der Waals surface area contributed by atoms with Crippen LogP contribution in [-0.2, 0) is 4.84 Å². The predicted octanol–water partition coefficient (Wildman–Crippen LogP) is 6.56. The number of hydrogen-bond acceptors (Lipinski definition) is 6. The molecule has 36 heavy (non-hydrogen) atoms. The Balaban J connectivity index is 0.000000558. The number of benzene rings is 3. The Morgan fingerprint density at radius 1 is 1.03 bits per heavy atom. The van der Waals surface area contributed by atoms with Crippen LogP contribution in [0.15, 0.2) is 77.7 Å². The fourth-order valence-electron chi connectivity index (χ4n) is 3.06. The van der Waals surface area contributed by atoms with E-state index in [0.29, 0.717) is 24.2 Å². The average Bonchev–Trinajstić information content (AvgIpc) is 2.89. The molecule has 3 aromatic carbocycles. The molecule has 0 bridgehead atoms. The molecule has 0 aliphatic heterocycles. The Labute approximate surface area is 219 Å². The zero-order chi connectivity index (χ0) is 26.3. The molecule has 1 atom stereocenters. The fraction of sp³-hybridized carbons (Fsp3) is 0.345. The molecule has 3 aromatic rings. The topological polar surface area (TPSA) is 71.0 Å². The zero-order valence-corrected chi connectivity index (χ0v) is 22.7. The number of rotatable bonds is 11. The van der Waals surface area contributed by atoms with Crippen molar-refractivity contribution in [3.8, 4) is 11.5 Å². The van der Waals surface area contributed by atoms with E-state index in [2.05, 4.69) is 31.3 Å². The van der Waals surface area contributed by atoms with Crippen LogP contribution in [0.4, 0.5) is 0 Å². The Hall–Kier alpha value is -3.00. The molecular weight excluding hydrogens is 472 g/mol. The molecule has 0 aliphatic carbocycles. The van der Waals surface area contributed by atoms with Gasteiger partial charge in [0.25, 0.3) is 5.91 Å². The first-order valence-corrected chi connectivity index (χ1v) is 13.0. The first kappa shape index (κ1) is 29.2. The lowest BCUT2D eigenvalue weighted by molar-refractivity contribution is -0.119. The largest absolute Gasteiger partial charge is 0.508 e. The SMILES string of the molecule is CCC(C)ON(CCCNC(=O)c1cccc(O)c1C)Sc1ccc(OC)cc1.Cc1ccccc1. The Morgan fingerprint density at radius 3 is 2.31 bits per heavy atom. The first-order chi connectivity index (χ1) is 17.3. The zero-order valence-electron chi connectivity index (χ0n) is 21.9. The third-order valence-corrected chi connectivity index (χ3v) is 6.39. The molecule has 0 saturated carbocycles. The van der Waals surface area contributed by atoms with Crippen molar-refractivity contribution < 1.29 is 19.5 Å². The van der Waals surface area contributed by atoms with Crippen molar-refractivity contribution in [2.24, 2.45) is 0 Å². The molecule has 1 unspecified atom stereocenters. The maximum atomic E-state index is 12.4. The summed E-state index contributed by atoms with van der Waals surface area (Å²) in [7, 11) is 1.65. The predicted molar refractivity (Wildman–Crippen MR) is 147 cm³/mol. The third kappa shape index (κ3) is 10.3. The highest BCUT2D eigenvalue weighted by molar-refractivity contribution is 7.96. The second-order valence-electron chi connectivity index (χ2n) is 8.36. The van der Waals surface area contributed by atoms with E-state index in [4.69, 9.17) is 9.57 Å². The van der Waals surface area contributed by atoms with Crippen LogP contribution in [0.25, 0.3) is 0 Å². The van der Waals surface area contributed by atoms with Crippen molar-refractivity contribution in [2.45, 2.75) is 51.5 Å². The molecule has 2 N–H and O–H groups in total. The van der Waals surface area contributed by atoms with E-state index in [0.717, 1.165) is 23.5 Å². The van der Waals surface area contributed by atoms with Gasteiger partial charge in [-0.15, -0.1) is 4.47 Å². The van der Waals surface area contributed by atoms with Gasteiger partial charge in [0.05, 0.1) is 13.2 Å². The number of hydrogen-bond donors (Lipinski definition) is 2. The van der Waals surface area contributed by atoms with E-state index < -0.39 is 0 Å². The first-order valence-electron chi connectivity index (χ1n) is 12.2. The minimum absolute atomic E-state index is 0.102. The molecule has 0 aromatic heterocycles. The third-order valence-electron chi connectivity index (χ3n) is 5.43. The van der Waals surface area contributed by atoms with Crippen LogP contribution in [0.1, 0.15) is 48.2 Å². The Bertz CT molecular complexity index is 1040. The normalized spacial score (nSPS) is 11.4. The minimum atomic E-state index is -0.185. The fourth-order valence-corrected chi connectivity index (χ4v) is 3.96. The molecule has 0 saturated heterocycles. The van der Waals surface area contributed by atoms with Crippen LogP contribution in [-0.4, -0.2) is 41.8 Å². The van der Waals surface area contributed by atoms with Crippen molar-refractivity contribution >= 4 is 17.9 Å². The molecule has 194 valence electrons. The number of aromatic hydroxyl groups is 1. The Kier molecular flexibility index (Phi) is 12.9. The molecule has 0 aliphatic rings. The number of phenolic OH excluding ortho intramolecular Hbond substituents is 1. The van der Waals surface area contributed by atoms with Crippen molar-refractivity contribution in [3.63, 3.8) is 0 Å². The van der Waals surface area contributed by atoms with Crippen LogP contribution in [0.5, 0.6) is 11.5 Å². The smallest absolute Gasteiger partial charge is 0.251 e. The molecule has 0 fully saturated rings. The highest BCUT2D eigenvalue weighted by Crippen LogP contribution is 2.26. The summed E-state index contributed by atoms with van der Waals surface area (Å²) >= 11 is 1.52. The summed E-state index contributed by atoms with van der Waals surface area (Å²) in [5, 5.41) is 12.7. The van der Waals surface area contributed by atoms with Crippen LogP contribution in [0, 0.1) is 13.8 Å². The van der Waals surface area contributed by atoms with Gasteiger partial charge in [-0.05, 0) is 82.0 Å². The standard InChI is InChI=1S/C22H30N2O4S.C7H8/c1-5-16(2)28-24(29-19-12-10-18(27-4)11-13-19)15-7-14-23-22(26)20-8-6-9-21(25)17(20)3;1-7-5-3-2-4-6-7/h6,8-13,16,25H,5,7,14-15H2,1-4H3,(H,23,26);2-6H,1H3. The lowest BCUT2D eigenvalue weighted by atomic mass is 10.1. The summed E-state index contributed by atoms with van der Waals surface area (Å²) in [6.45, 7) is 9.10. The highest BCUT2D eigenvalue weighted by atomic mass is 32.2. The molecule has 0 spiro atoms. The van der Waals surface area contributed by atoms with Crippen molar-refractivity contribution in [3.05, 3.63) is 89.5 Å². The number of ether oxygens (including phenoxy) is 1. The summed E-state index contributed by atoms with van der Waals surface area (Å²) in [5.41, 5.74) is 2.40. The van der Waals surface area contributed by atoms with Gasteiger partial charge in [0.1, 0.15) is 11.5 Å². The summed E-state index contributed by atoms with van der Waals surface area (Å²) in [6.07, 6.45) is 1.74. The minimum Gasteiger partial charge on any atom is -0.508 e.